The van der Waals surface area contributed by atoms with Crippen LogP contribution in [0.15, 0.2) is 22.7 Å². The van der Waals surface area contributed by atoms with E-state index in [9.17, 15) is 4.39 Å². The van der Waals surface area contributed by atoms with Gasteiger partial charge in [0.25, 0.3) is 0 Å². The van der Waals surface area contributed by atoms with Gasteiger partial charge >= 0.3 is 0 Å². The van der Waals surface area contributed by atoms with Crippen molar-refractivity contribution >= 4 is 15.9 Å². The third-order valence-electron chi connectivity index (χ3n) is 2.31. The van der Waals surface area contributed by atoms with Crippen LogP contribution in [0.4, 0.5) is 4.39 Å². The lowest BCUT2D eigenvalue weighted by molar-refractivity contribution is 0.474. The van der Waals surface area contributed by atoms with E-state index in [0.29, 0.717) is 4.47 Å². The molecule has 1 aromatic carbocycles. The van der Waals surface area contributed by atoms with Crippen LogP contribution in [-0.2, 0) is 5.54 Å². The fourth-order valence-corrected chi connectivity index (χ4v) is 1.43. The first kappa shape index (κ1) is 10.7. The van der Waals surface area contributed by atoms with Crippen molar-refractivity contribution in [1.29, 1.82) is 0 Å². The van der Waals surface area contributed by atoms with E-state index in [2.05, 4.69) is 15.9 Å². The zero-order valence-electron chi connectivity index (χ0n) is 7.77. The Bertz CT molecular complexity index is 310. The SMILES string of the molecule is CCC(C)(N)c1ccc(F)c(Br)c1. The van der Waals surface area contributed by atoms with Crippen molar-refractivity contribution < 1.29 is 4.39 Å². The van der Waals surface area contributed by atoms with Gasteiger partial charge in [0.1, 0.15) is 5.82 Å². The average molecular weight is 246 g/mol. The van der Waals surface area contributed by atoms with Crippen molar-refractivity contribution in [2.75, 3.05) is 0 Å². The van der Waals surface area contributed by atoms with E-state index >= 15 is 0 Å². The lowest BCUT2D eigenvalue weighted by Gasteiger charge is -2.23. The van der Waals surface area contributed by atoms with Crippen molar-refractivity contribution in [1.82, 2.24) is 0 Å². The van der Waals surface area contributed by atoms with E-state index in [1.807, 2.05) is 13.8 Å². The molecule has 0 heterocycles. The molecule has 0 saturated heterocycles. The highest BCUT2D eigenvalue weighted by Gasteiger charge is 2.19. The summed E-state index contributed by atoms with van der Waals surface area (Å²) in [6.45, 7) is 3.95. The van der Waals surface area contributed by atoms with E-state index in [1.165, 1.54) is 6.07 Å². The maximum Gasteiger partial charge on any atom is 0.137 e. The van der Waals surface area contributed by atoms with Crippen LogP contribution >= 0.6 is 15.9 Å². The zero-order valence-corrected chi connectivity index (χ0v) is 9.36. The number of nitrogens with two attached hydrogens (primary N) is 1. The van der Waals surface area contributed by atoms with Gasteiger partial charge in [0.15, 0.2) is 0 Å². The van der Waals surface area contributed by atoms with Gasteiger partial charge in [0.2, 0.25) is 0 Å². The lowest BCUT2D eigenvalue weighted by atomic mass is 9.91. The van der Waals surface area contributed by atoms with Crippen LogP contribution < -0.4 is 5.73 Å². The molecule has 0 aliphatic heterocycles. The van der Waals surface area contributed by atoms with Gasteiger partial charge in [-0.15, -0.1) is 0 Å². The van der Waals surface area contributed by atoms with Gasteiger partial charge in [0.05, 0.1) is 4.47 Å². The molecular weight excluding hydrogens is 233 g/mol. The van der Waals surface area contributed by atoms with Crippen LogP contribution in [0.1, 0.15) is 25.8 Å². The monoisotopic (exact) mass is 245 g/mol. The Hall–Kier alpha value is -0.410. The Morgan fingerprint density at radius 2 is 2.15 bits per heavy atom. The van der Waals surface area contributed by atoms with Gasteiger partial charge in [-0.25, -0.2) is 4.39 Å². The molecule has 1 unspecified atom stereocenters. The molecule has 0 amide bonds. The summed E-state index contributed by atoms with van der Waals surface area (Å²) in [6, 6.07) is 4.89. The molecule has 1 rings (SSSR count). The summed E-state index contributed by atoms with van der Waals surface area (Å²) < 4.78 is 13.4. The molecule has 3 heteroatoms. The summed E-state index contributed by atoms with van der Waals surface area (Å²) in [5, 5.41) is 0. The Labute approximate surface area is 86.3 Å². The predicted octanol–water partition coefficient (Wildman–Crippen LogP) is 3.17. The molecule has 1 aromatic rings. The molecule has 0 fully saturated rings. The average Bonchev–Trinajstić information content (AvgIpc) is 2.09. The van der Waals surface area contributed by atoms with Crippen LogP contribution in [0.3, 0.4) is 0 Å². The van der Waals surface area contributed by atoms with Crippen molar-refractivity contribution in [2.24, 2.45) is 5.73 Å². The van der Waals surface area contributed by atoms with Gasteiger partial charge in [-0.2, -0.15) is 0 Å². The van der Waals surface area contributed by atoms with Crippen molar-refractivity contribution in [3.05, 3.63) is 34.1 Å². The standard InChI is InChI=1S/C10H13BrFN/c1-3-10(2,13)7-4-5-9(12)8(11)6-7/h4-6H,3,13H2,1-2H3. The molecule has 1 nitrogen and oxygen atoms in total. The van der Waals surface area contributed by atoms with Gasteiger partial charge in [-0.05, 0) is 47.0 Å². The van der Waals surface area contributed by atoms with Gasteiger partial charge in [0, 0.05) is 5.54 Å². The van der Waals surface area contributed by atoms with Gasteiger partial charge < -0.3 is 5.73 Å². The molecule has 0 radical (unpaired) electrons. The first-order valence-corrected chi connectivity index (χ1v) is 5.01. The van der Waals surface area contributed by atoms with E-state index in [0.717, 1.165) is 12.0 Å². The molecule has 1 atom stereocenters. The Kier molecular flexibility index (Phi) is 3.09. The second-order valence-electron chi connectivity index (χ2n) is 3.40. The molecule has 0 bridgehead atoms. The van der Waals surface area contributed by atoms with Crippen LogP contribution in [0, 0.1) is 5.82 Å². The highest BCUT2D eigenvalue weighted by Crippen LogP contribution is 2.25. The molecule has 0 saturated carbocycles. The molecule has 0 aromatic heterocycles. The van der Waals surface area contributed by atoms with E-state index in [4.69, 9.17) is 5.73 Å². The highest BCUT2D eigenvalue weighted by molar-refractivity contribution is 9.10. The van der Waals surface area contributed by atoms with Crippen molar-refractivity contribution in [3.63, 3.8) is 0 Å². The van der Waals surface area contributed by atoms with Crippen LogP contribution in [0.25, 0.3) is 0 Å². The largest absolute Gasteiger partial charge is 0.322 e. The van der Waals surface area contributed by atoms with Crippen LogP contribution in [-0.4, -0.2) is 0 Å². The fourth-order valence-electron chi connectivity index (χ4n) is 1.06. The second-order valence-corrected chi connectivity index (χ2v) is 4.25. The zero-order chi connectivity index (χ0) is 10.1. The third-order valence-corrected chi connectivity index (χ3v) is 2.92. The minimum atomic E-state index is -0.379. The fraction of sp³-hybridized carbons (Fsp3) is 0.400. The smallest absolute Gasteiger partial charge is 0.137 e. The normalized spacial score (nSPS) is 15.5. The minimum absolute atomic E-state index is 0.254. The number of rotatable bonds is 2. The summed E-state index contributed by atoms with van der Waals surface area (Å²) in [5.74, 6) is -0.254. The van der Waals surface area contributed by atoms with Crippen molar-refractivity contribution in [3.8, 4) is 0 Å². The lowest BCUT2D eigenvalue weighted by Crippen LogP contribution is -2.31. The summed E-state index contributed by atoms with van der Waals surface area (Å²) in [7, 11) is 0. The maximum absolute atomic E-state index is 12.9. The van der Waals surface area contributed by atoms with Gasteiger partial charge in [-0.3, -0.25) is 0 Å². The van der Waals surface area contributed by atoms with E-state index < -0.39 is 0 Å². The number of hydrogen-bond donors (Lipinski definition) is 1. The third kappa shape index (κ3) is 2.29. The Balaban J connectivity index is 3.10. The van der Waals surface area contributed by atoms with E-state index in [1.54, 1.807) is 12.1 Å². The summed E-state index contributed by atoms with van der Waals surface area (Å²) in [6.07, 6.45) is 0.824. The summed E-state index contributed by atoms with van der Waals surface area (Å²) >= 11 is 3.14. The maximum atomic E-state index is 12.9. The number of halogens is 2. The molecule has 0 aliphatic rings. The van der Waals surface area contributed by atoms with Gasteiger partial charge in [-0.1, -0.05) is 13.0 Å². The quantitative estimate of drug-likeness (QED) is 0.852. The molecule has 13 heavy (non-hydrogen) atoms. The van der Waals surface area contributed by atoms with Crippen LogP contribution in [0.5, 0.6) is 0 Å². The minimum Gasteiger partial charge on any atom is -0.322 e. The predicted molar refractivity (Wildman–Crippen MR) is 55.9 cm³/mol. The Morgan fingerprint density at radius 1 is 1.54 bits per heavy atom. The van der Waals surface area contributed by atoms with Crippen LogP contribution in [0.2, 0.25) is 0 Å². The molecular formula is C10H13BrFN. The molecule has 0 aliphatic carbocycles. The van der Waals surface area contributed by atoms with Crippen molar-refractivity contribution in [2.45, 2.75) is 25.8 Å². The number of hydrogen-bond acceptors (Lipinski definition) is 1. The Morgan fingerprint density at radius 3 is 2.62 bits per heavy atom. The molecule has 72 valence electrons. The summed E-state index contributed by atoms with van der Waals surface area (Å²) in [4.78, 5) is 0. The molecule has 0 spiro atoms. The first-order chi connectivity index (χ1) is 5.97. The molecule has 2 N–H and O–H groups in total. The first-order valence-electron chi connectivity index (χ1n) is 4.22. The summed E-state index contributed by atoms with van der Waals surface area (Å²) in [5.41, 5.74) is 6.58. The van der Waals surface area contributed by atoms with E-state index in [-0.39, 0.29) is 11.4 Å². The second kappa shape index (κ2) is 3.76. The number of benzene rings is 1. The highest BCUT2D eigenvalue weighted by atomic mass is 79.9. The topological polar surface area (TPSA) is 26.0 Å².